The van der Waals surface area contributed by atoms with Gasteiger partial charge in [0.1, 0.15) is 5.75 Å². The van der Waals surface area contributed by atoms with Crippen LogP contribution in [0.15, 0.2) is 18.2 Å². The van der Waals surface area contributed by atoms with E-state index in [0.29, 0.717) is 11.0 Å². The van der Waals surface area contributed by atoms with Crippen LogP contribution >= 0.6 is 0 Å². The summed E-state index contributed by atoms with van der Waals surface area (Å²) < 4.78 is 5.40. The Kier molecular flexibility index (Phi) is 3.79. The van der Waals surface area contributed by atoms with Crippen molar-refractivity contribution in [1.29, 1.82) is 0 Å². The van der Waals surface area contributed by atoms with Gasteiger partial charge in [0.2, 0.25) is 0 Å². The number of methoxy groups -OCH3 is 1. The van der Waals surface area contributed by atoms with E-state index in [2.05, 4.69) is 4.90 Å². The minimum absolute atomic E-state index is 0.326. The highest BCUT2D eigenvalue weighted by Gasteiger charge is 2.43. The number of nitrogens with zero attached hydrogens (tertiary/aromatic N) is 1. The van der Waals surface area contributed by atoms with Crippen LogP contribution in [0.1, 0.15) is 48.9 Å². The predicted octanol–water partition coefficient (Wildman–Crippen LogP) is 3.55. The van der Waals surface area contributed by atoms with Crippen LogP contribution < -0.4 is 9.64 Å². The number of anilines is 1. The van der Waals surface area contributed by atoms with Crippen molar-refractivity contribution in [2.24, 2.45) is 5.41 Å². The molecule has 3 rings (SSSR count). The molecule has 1 aliphatic carbocycles. The number of rotatable bonds is 3. The van der Waals surface area contributed by atoms with E-state index in [1.54, 1.807) is 25.3 Å². The van der Waals surface area contributed by atoms with Crippen molar-refractivity contribution >= 4 is 11.7 Å². The molecule has 0 bridgehead atoms. The summed E-state index contributed by atoms with van der Waals surface area (Å²) in [6, 6.07) is 5.10. The fourth-order valence-corrected chi connectivity index (χ4v) is 3.80. The second-order valence-electron chi connectivity index (χ2n) is 6.46. The van der Waals surface area contributed by atoms with Crippen LogP contribution in [0.5, 0.6) is 5.75 Å². The average Bonchev–Trinajstić information content (AvgIpc) is 2.70. The van der Waals surface area contributed by atoms with Crippen LogP contribution in [-0.2, 0) is 0 Å². The molecule has 4 nitrogen and oxygen atoms in total. The van der Waals surface area contributed by atoms with Crippen LogP contribution in [-0.4, -0.2) is 31.3 Å². The van der Waals surface area contributed by atoms with Gasteiger partial charge in [0.25, 0.3) is 0 Å². The van der Waals surface area contributed by atoms with Crippen molar-refractivity contribution in [2.45, 2.75) is 38.5 Å². The van der Waals surface area contributed by atoms with Crippen molar-refractivity contribution in [2.75, 3.05) is 25.1 Å². The third-order valence-corrected chi connectivity index (χ3v) is 4.98. The summed E-state index contributed by atoms with van der Waals surface area (Å²) in [5, 5.41) is 9.17. The van der Waals surface area contributed by atoms with Crippen LogP contribution in [0, 0.1) is 5.41 Å². The molecule has 1 aromatic carbocycles. The standard InChI is InChI=1S/C17H23NO3/c1-21-15-7-6-13(16(19)20)10-14(15)18-11-17(12-18)8-4-2-3-5-9-17/h6-7,10H,2-5,8-9,11-12H2,1H3,(H,19,20). The summed E-state index contributed by atoms with van der Waals surface area (Å²) >= 11 is 0. The van der Waals surface area contributed by atoms with Gasteiger partial charge in [-0.3, -0.25) is 0 Å². The molecule has 4 heteroatoms. The lowest BCUT2D eigenvalue weighted by atomic mass is 9.73. The molecule has 1 saturated carbocycles. The lowest BCUT2D eigenvalue weighted by Crippen LogP contribution is -2.56. The van der Waals surface area contributed by atoms with E-state index in [4.69, 9.17) is 9.84 Å². The number of benzene rings is 1. The third kappa shape index (κ3) is 2.71. The molecule has 1 aliphatic heterocycles. The largest absolute Gasteiger partial charge is 0.495 e. The fourth-order valence-electron chi connectivity index (χ4n) is 3.80. The Morgan fingerprint density at radius 2 is 1.86 bits per heavy atom. The highest BCUT2D eigenvalue weighted by Crippen LogP contribution is 2.46. The normalized spacial score (nSPS) is 20.7. The molecule has 21 heavy (non-hydrogen) atoms. The fraction of sp³-hybridized carbons (Fsp3) is 0.588. The molecular weight excluding hydrogens is 266 g/mol. The lowest BCUT2D eigenvalue weighted by molar-refractivity contribution is 0.0697. The molecule has 0 atom stereocenters. The molecule has 0 radical (unpaired) electrons. The highest BCUT2D eigenvalue weighted by atomic mass is 16.5. The summed E-state index contributed by atoms with van der Waals surface area (Å²) in [6.45, 7) is 2.07. The minimum Gasteiger partial charge on any atom is -0.495 e. The first kappa shape index (κ1) is 14.2. The third-order valence-electron chi connectivity index (χ3n) is 4.98. The molecule has 1 saturated heterocycles. The smallest absolute Gasteiger partial charge is 0.335 e. The number of carboxylic acids is 1. The Balaban J connectivity index is 1.78. The van der Waals surface area contributed by atoms with E-state index < -0.39 is 5.97 Å². The minimum atomic E-state index is -0.886. The molecular formula is C17H23NO3. The number of aromatic carboxylic acids is 1. The maximum atomic E-state index is 11.2. The van der Waals surface area contributed by atoms with E-state index in [1.165, 1.54) is 38.5 Å². The van der Waals surface area contributed by atoms with Gasteiger partial charge < -0.3 is 14.7 Å². The zero-order valence-corrected chi connectivity index (χ0v) is 12.6. The van der Waals surface area contributed by atoms with Crippen molar-refractivity contribution in [3.63, 3.8) is 0 Å². The summed E-state index contributed by atoms with van der Waals surface area (Å²) in [7, 11) is 1.64. The van der Waals surface area contributed by atoms with Crippen LogP contribution in [0.3, 0.4) is 0 Å². The van der Waals surface area contributed by atoms with Crippen LogP contribution in [0.25, 0.3) is 0 Å². The first-order valence-electron chi connectivity index (χ1n) is 7.80. The maximum absolute atomic E-state index is 11.2. The van der Waals surface area contributed by atoms with Crippen molar-refractivity contribution < 1.29 is 14.6 Å². The molecule has 114 valence electrons. The van der Waals surface area contributed by atoms with Gasteiger partial charge in [-0.25, -0.2) is 4.79 Å². The van der Waals surface area contributed by atoms with E-state index >= 15 is 0 Å². The van der Waals surface area contributed by atoms with Gasteiger partial charge in [0, 0.05) is 18.5 Å². The van der Waals surface area contributed by atoms with Gasteiger partial charge in [-0.05, 0) is 31.0 Å². The Hall–Kier alpha value is -1.71. The van der Waals surface area contributed by atoms with Crippen LogP contribution in [0.4, 0.5) is 5.69 Å². The Morgan fingerprint density at radius 1 is 1.19 bits per heavy atom. The Morgan fingerprint density at radius 3 is 2.43 bits per heavy atom. The molecule has 0 unspecified atom stereocenters. The predicted molar refractivity (Wildman–Crippen MR) is 82.3 cm³/mol. The second-order valence-corrected chi connectivity index (χ2v) is 6.46. The number of hydrogen-bond donors (Lipinski definition) is 1. The van der Waals surface area contributed by atoms with Gasteiger partial charge in [-0.15, -0.1) is 0 Å². The van der Waals surface area contributed by atoms with Gasteiger partial charge in [0.05, 0.1) is 18.4 Å². The van der Waals surface area contributed by atoms with E-state index in [0.717, 1.165) is 24.5 Å². The van der Waals surface area contributed by atoms with E-state index in [-0.39, 0.29) is 0 Å². The molecule has 1 heterocycles. The van der Waals surface area contributed by atoms with Gasteiger partial charge in [-0.2, -0.15) is 0 Å². The molecule has 1 spiro atoms. The van der Waals surface area contributed by atoms with Gasteiger partial charge >= 0.3 is 5.97 Å². The van der Waals surface area contributed by atoms with Gasteiger partial charge in [-0.1, -0.05) is 25.7 Å². The first-order valence-corrected chi connectivity index (χ1v) is 7.80. The summed E-state index contributed by atoms with van der Waals surface area (Å²) in [6.07, 6.45) is 8.01. The molecule has 2 aliphatic rings. The Labute approximate surface area is 125 Å². The molecule has 1 N–H and O–H groups in total. The molecule has 0 aromatic heterocycles. The van der Waals surface area contributed by atoms with Gasteiger partial charge in [0.15, 0.2) is 0 Å². The Bertz CT molecular complexity index is 525. The molecule has 1 aromatic rings. The van der Waals surface area contributed by atoms with E-state index in [1.807, 2.05) is 0 Å². The number of hydrogen-bond acceptors (Lipinski definition) is 3. The van der Waals surface area contributed by atoms with Crippen molar-refractivity contribution in [3.05, 3.63) is 23.8 Å². The number of ether oxygens (including phenoxy) is 1. The number of carbonyl (C=O) groups is 1. The quantitative estimate of drug-likeness (QED) is 0.924. The molecule has 2 fully saturated rings. The average molecular weight is 289 g/mol. The zero-order chi connectivity index (χ0) is 14.9. The zero-order valence-electron chi connectivity index (χ0n) is 12.6. The lowest BCUT2D eigenvalue weighted by Gasteiger charge is -2.52. The summed E-state index contributed by atoms with van der Waals surface area (Å²) in [5.41, 5.74) is 1.71. The van der Waals surface area contributed by atoms with Crippen LogP contribution in [0.2, 0.25) is 0 Å². The second kappa shape index (κ2) is 5.58. The molecule has 0 amide bonds. The first-order chi connectivity index (χ1) is 10.1. The monoisotopic (exact) mass is 289 g/mol. The van der Waals surface area contributed by atoms with Crippen molar-refractivity contribution in [1.82, 2.24) is 0 Å². The number of carboxylic acid groups (broad SMARTS) is 1. The topological polar surface area (TPSA) is 49.8 Å². The summed E-state index contributed by atoms with van der Waals surface area (Å²) in [4.78, 5) is 13.4. The van der Waals surface area contributed by atoms with E-state index in [9.17, 15) is 4.79 Å². The summed E-state index contributed by atoms with van der Waals surface area (Å²) in [5.74, 6) is -0.118. The SMILES string of the molecule is COc1ccc(C(=O)O)cc1N1CC2(CCCCCC2)C1. The highest BCUT2D eigenvalue weighted by molar-refractivity contribution is 5.89. The van der Waals surface area contributed by atoms with Crippen molar-refractivity contribution in [3.8, 4) is 5.75 Å². The maximum Gasteiger partial charge on any atom is 0.335 e.